The molecule has 1 aliphatic rings. The molecule has 1 fully saturated rings. The van der Waals surface area contributed by atoms with Crippen molar-refractivity contribution in [2.24, 2.45) is 0 Å². The molecule has 2 aromatic rings. The molecule has 1 saturated heterocycles. The molecule has 0 radical (unpaired) electrons. The number of thiazole rings is 1. The fourth-order valence-electron chi connectivity index (χ4n) is 2.06. The summed E-state index contributed by atoms with van der Waals surface area (Å²) < 4.78 is 12.1. The highest BCUT2D eigenvalue weighted by Gasteiger charge is 2.52. The topological polar surface area (TPSA) is 83.2 Å². The van der Waals surface area contributed by atoms with Gasteiger partial charge in [0.05, 0.1) is 11.2 Å². The van der Waals surface area contributed by atoms with E-state index in [4.69, 9.17) is 15.0 Å². The summed E-state index contributed by atoms with van der Waals surface area (Å²) in [6.45, 7) is 8.03. The summed E-state index contributed by atoms with van der Waals surface area (Å²) in [5.74, 6) is 0.209. The van der Waals surface area contributed by atoms with E-state index in [-0.39, 0.29) is 5.95 Å². The third-order valence-corrected chi connectivity index (χ3v) is 4.76. The first-order valence-electron chi connectivity index (χ1n) is 6.68. The fourth-order valence-corrected chi connectivity index (χ4v) is 2.71. The van der Waals surface area contributed by atoms with Crippen LogP contribution in [-0.2, 0) is 9.31 Å². The molecule has 0 aromatic carbocycles. The molecule has 8 heteroatoms. The maximum Gasteiger partial charge on any atom is 0.498 e. The molecule has 2 N–H and O–H groups in total. The molecule has 1 aliphatic heterocycles. The van der Waals surface area contributed by atoms with Crippen molar-refractivity contribution < 1.29 is 9.31 Å². The molecule has 21 heavy (non-hydrogen) atoms. The minimum absolute atomic E-state index is 0.209. The lowest BCUT2D eigenvalue weighted by Crippen LogP contribution is -2.41. The highest BCUT2D eigenvalue weighted by Crippen LogP contribution is 2.37. The summed E-state index contributed by atoms with van der Waals surface area (Å²) in [4.78, 5) is 12.7. The zero-order chi connectivity index (χ0) is 15.3. The molecule has 3 rings (SSSR count). The van der Waals surface area contributed by atoms with E-state index >= 15 is 0 Å². The van der Waals surface area contributed by atoms with Crippen LogP contribution in [0.25, 0.3) is 10.7 Å². The van der Waals surface area contributed by atoms with Crippen molar-refractivity contribution in [1.29, 1.82) is 0 Å². The van der Waals surface area contributed by atoms with Gasteiger partial charge in [-0.1, -0.05) is 0 Å². The van der Waals surface area contributed by atoms with Crippen molar-refractivity contribution in [3.05, 3.63) is 17.8 Å². The number of nitrogen functional groups attached to an aromatic ring is 1. The van der Waals surface area contributed by atoms with Crippen LogP contribution in [0.3, 0.4) is 0 Å². The predicted molar refractivity (Wildman–Crippen MR) is 83.3 cm³/mol. The van der Waals surface area contributed by atoms with Crippen LogP contribution in [0.2, 0.25) is 0 Å². The highest BCUT2D eigenvalue weighted by atomic mass is 32.1. The van der Waals surface area contributed by atoms with Gasteiger partial charge in [0.2, 0.25) is 5.95 Å². The van der Waals surface area contributed by atoms with Crippen molar-refractivity contribution in [2.75, 3.05) is 5.73 Å². The SMILES string of the molecule is CC1(C)OB(c2cnc(N)nc2-c2nccs2)OC1(C)C. The van der Waals surface area contributed by atoms with Crippen LogP contribution in [0.4, 0.5) is 5.95 Å². The van der Waals surface area contributed by atoms with Crippen LogP contribution in [0.1, 0.15) is 27.7 Å². The van der Waals surface area contributed by atoms with Crippen LogP contribution in [0.15, 0.2) is 17.8 Å². The number of aromatic nitrogens is 3. The van der Waals surface area contributed by atoms with Crippen molar-refractivity contribution in [3.8, 4) is 10.7 Å². The molecule has 2 aromatic heterocycles. The standard InChI is InChI=1S/C13H17BN4O2S/c1-12(2)13(3,4)20-14(19-12)8-7-17-11(15)18-9(8)10-16-5-6-21-10/h5-7H,1-4H3,(H2,15,17,18). The van der Waals surface area contributed by atoms with Gasteiger partial charge in [-0.3, -0.25) is 0 Å². The van der Waals surface area contributed by atoms with E-state index in [9.17, 15) is 0 Å². The summed E-state index contributed by atoms with van der Waals surface area (Å²) >= 11 is 1.49. The first kappa shape index (κ1) is 14.4. The monoisotopic (exact) mass is 304 g/mol. The van der Waals surface area contributed by atoms with Gasteiger partial charge in [0.25, 0.3) is 0 Å². The van der Waals surface area contributed by atoms with E-state index in [0.29, 0.717) is 5.69 Å². The third-order valence-electron chi connectivity index (χ3n) is 3.98. The number of anilines is 1. The lowest BCUT2D eigenvalue weighted by Gasteiger charge is -2.32. The molecule has 0 bridgehead atoms. The number of nitrogens with zero attached hydrogens (tertiary/aromatic N) is 3. The number of hydrogen-bond acceptors (Lipinski definition) is 7. The molecule has 0 spiro atoms. The Morgan fingerprint density at radius 1 is 1.14 bits per heavy atom. The smallest absolute Gasteiger partial charge is 0.399 e. The molecule has 0 saturated carbocycles. The van der Waals surface area contributed by atoms with Crippen molar-refractivity contribution in [2.45, 2.75) is 38.9 Å². The van der Waals surface area contributed by atoms with Crippen LogP contribution in [0, 0.1) is 0 Å². The van der Waals surface area contributed by atoms with Crippen LogP contribution >= 0.6 is 11.3 Å². The molecular weight excluding hydrogens is 287 g/mol. The van der Waals surface area contributed by atoms with Crippen LogP contribution in [0.5, 0.6) is 0 Å². The van der Waals surface area contributed by atoms with E-state index < -0.39 is 18.3 Å². The Bertz CT molecular complexity index is 644. The van der Waals surface area contributed by atoms with Crippen molar-refractivity contribution in [1.82, 2.24) is 15.0 Å². The molecule has 6 nitrogen and oxygen atoms in total. The average Bonchev–Trinajstić information content (AvgIpc) is 2.96. The first-order chi connectivity index (χ1) is 9.80. The molecule has 0 aliphatic carbocycles. The number of rotatable bonds is 2. The van der Waals surface area contributed by atoms with E-state index in [1.807, 2.05) is 33.1 Å². The molecule has 3 heterocycles. The van der Waals surface area contributed by atoms with Crippen LogP contribution in [-0.4, -0.2) is 33.3 Å². The second kappa shape index (κ2) is 4.76. The number of nitrogens with two attached hydrogens (primary N) is 1. The second-order valence-electron chi connectivity index (χ2n) is 5.96. The van der Waals surface area contributed by atoms with Crippen LogP contribution < -0.4 is 11.2 Å². The van der Waals surface area contributed by atoms with E-state index in [0.717, 1.165) is 10.5 Å². The zero-order valence-corrected chi connectivity index (χ0v) is 13.3. The lowest BCUT2D eigenvalue weighted by molar-refractivity contribution is 0.00578. The Morgan fingerprint density at radius 2 is 1.81 bits per heavy atom. The summed E-state index contributed by atoms with van der Waals surface area (Å²) in [5, 5.41) is 2.66. The van der Waals surface area contributed by atoms with E-state index in [1.54, 1.807) is 12.4 Å². The Morgan fingerprint density at radius 3 is 2.38 bits per heavy atom. The van der Waals surface area contributed by atoms with Gasteiger partial charge in [0.15, 0.2) is 0 Å². The minimum Gasteiger partial charge on any atom is -0.399 e. The normalized spacial score (nSPS) is 19.9. The Balaban J connectivity index is 2.05. The Hall–Kier alpha value is -1.51. The van der Waals surface area contributed by atoms with Gasteiger partial charge in [-0.2, -0.15) is 0 Å². The molecular formula is C13H17BN4O2S. The van der Waals surface area contributed by atoms with Gasteiger partial charge in [-0.25, -0.2) is 15.0 Å². The fraction of sp³-hybridized carbons (Fsp3) is 0.462. The van der Waals surface area contributed by atoms with Gasteiger partial charge < -0.3 is 15.0 Å². The minimum atomic E-state index is -0.533. The van der Waals surface area contributed by atoms with E-state index in [1.165, 1.54) is 11.3 Å². The summed E-state index contributed by atoms with van der Waals surface area (Å²) in [7, 11) is -0.533. The van der Waals surface area contributed by atoms with Gasteiger partial charge in [-0.05, 0) is 27.7 Å². The molecule has 0 amide bonds. The highest BCUT2D eigenvalue weighted by molar-refractivity contribution is 7.13. The second-order valence-corrected chi connectivity index (χ2v) is 6.85. The predicted octanol–water partition coefficient (Wildman–Crippen LogP) is 1.48. The summed E-state index contributed by atoms with van der Waals surface area (Å²) in [6.07, 6.45) is 3.38. The summed E-state index contributed by atoms with van der Waals surface area (Å²) in [6, 6.07) is 0. The maximum absolute atomic E-state index is 6.06. The lowest BCUT2D eigenvalue weighted by atomic mass is 9.79. The van der Waals surface area contributed by atoms with Crippen molar-refractivity contribution in [3.63, 3.8) is 0 Å². The van der Waals surface area contributed by atoms with Gasteiger partial charge >= 0.3 is 7.12 Å². The molecule has 110 valence electrons. The largest absolute Gasteiger partial charge is 0.498 e. The Labute approximate surface area is 127 Å². The quantitative estimate of drug-likeness (QED) is 0.846. The average molecular weight is 304 g/mol. The van der Waals surface area contributed by atoms with Gasteiger partial charge in [0.1, 0.15) is 10.7 Å². The summed E-state index contributed by atoms with van der Waals surface area (Å²) in [5.41, 5.74) is 6.29. The maximum atomic E-state index is 6.06. The van der Waals surface area contributed by atoms with Gasteiger partial charge in [-0.15, -0.1) is 11.3 Å². The van der Waals surface area contributed by atoms with Gasteiger partial charge in [0, 0.05) is 23.2 Å². The Kier molecular flexibility index (Phi) is 3.27. The molecule has 0 atom stereocenters. The zero-order valence-electron chi connectivity index (χ0n) is 12.5. The third kappa shape index (κ3) is 2.43. The first-order valence-corrected chi connectivity index (χ1v) is 7.56. The molecule has 0 unspecified atom stereocenters. The van der Waals surface area contributed by atoms with Crippen molar-refractivity contribution >= 4 is 29.9 Å². The number of hydrogen-bond donors (Lipinski definition) is 1. The van der Waals surface area contributed by atoms with E-state index in [2.05, 4.69) is 15.0 Å².